The molecule has 4 aliphatic rings. The van der Waals surface area contributed by atoms with Crippen LogP contribution in [0.4, 0.5) is 0 Å². The lowest BCUT2D eigenvalue weighted by atomic mass is 9.73. The zero-order valence-electron chi connectivity index (χ0n) is 66.3. The largest absolute Gasteiger partial charge is 0.208 e. The van der Waals surface area contributed by atoms with Gasteiger partial charge in [-0.1, -0.05) is 439 Å². The van der Waals surface area contributed by atoms with Crippen LogP contribution in [0.5, 0.6) is 0 Å². The van der Waals surface area contributed by atoms with E-state index in [1.54, 1.807) is 0 Å². The summed E-state index contributed by atoms with van der Waals surface area (Å²) in [6, 6.07) is 134. The zero-order valence-corrected chi connectivity index (χ0v) is 67.1. The Morgan fingerprint density at radius 1 is 0.217 bits per heavy atom. The average molecular weight is 1550 g/mol. The van der Waals surface area contributed by atoms with Crippen molar-refractivity contribution in [3.8, 4) is 157 Å². The van der Waals surface area contributed by atoms with E-state index >= 15 is 0 Å². The Hall–Kier alpha value is -14.6. The summed E-state index contributed by atoms with van der Waals surface area (Å²) in [7, 11) is 0. The van der Waals surface area contributed by atoms with Crippen molar-refractivity contribution in [3.05, 3.63) is 441 Å². The molecule has 16 aromatic carbocycles. The third kappa shape index (κ3) is 14.1. The van der Waals surface area contributed by atoms with E-state index in [1.807, 2.05) is 23.9 Å². The molecule has 0 fully saturated rings. The highest BCUT2D eigenvalue weighted by Gasteiger charge is 2.46. The van der Waals surface area contributed by atoms with E-state index in [9.17, 15) is 0 Å². The van der Waals surface area contributed by atoms with Gasteiger partial charge in [-0.25, -0.2) is 29.9 Å². The average Bonchev–Trinajstić information content (AvgIpc) is 1.57. The highest BCUT2D eigenvalue weighted by molar-refractivity contribution is 8.00. The third-order valence-corrected chi connectivity index (χ3v) is 25.8. The first-order valence-corrected chi connectivity index (χ1v) is 42.1. The van der Waals surface area contributed by atoms with Gasteiger partial charge in [0.2, 0.25) is 0 Å². The van der Waals surface area contributed by atoms with E-state index in [0.29, 0.717) is 58.0 Å². The van der Waals surface area contributed by atoms with Gasteiger partial charge in [0, 0.05) is 55.4 Å². The molecule has 120 heavy (non-hydrogen) atoms. The van der Waals surface area contributed by atoms with Gasteiger partial charge in [-0.05, 0) is 139 Å². The molecule has 2 aromatic heterocycles. The van der Waals surface area contributed by atoms with E-state index in [0.717, 1.165) is 66.8 Å². The molecule has 6 nitrogen and oxygen atoms in total. The second-order valence-corrected chi connectivity index (χ2v) is 33.1. The summed E-state index contributed by atoms with van der Waals surface area (Å²) in [5, 5.41) is 5.37. The summed E-state index contributed by atoms with van der Waals surface area (Å²) in [6.07, 6.45) is 18.2. The number of nitrogens with zero attached hydrogens (tertiary/aromatic N) is 6. The van der Waals surface area contributed by atoms with E-state index in [4.69, 9.17) is 29.9 Å². The van der Waals surface area contributed by atoms with Crippen molar-refractivity contribution in [1.82, 2.24) is 29.9 Å². The second kappa shape index (κ2) is 31.4. The van der Waals surface area contributed by atoms with E-state index in [-0.39, 0.29) is 5.41 Å². The van der Waals surface area contributed by atoms with Gasteiger partial charge in [0.05, 0.1) is 0 Å². The maximum Gasteiger partial charge on any atom is 0.164 e. The fourth-order valence-electron chi connectivity index (χ4n) is 18.1. The number of benzene rings is 16. The van der Waals surface area contributed by atoms with Crippen LogP contribution in [0.2, 0.25) is 0 Å². The third-order valence-electron chi connectivity index (χ3n) is 24.4. The van der Waals surface area contributed by atoms with Crippen LogP contribution in [-0.4, -0.2) is 35.2 Å². The van der Waals surface area contributed by atoms with Crippen molar-refractivity contribution in [2.75, 3.05) is 0 Å². The maximum atomic E-state index is 5.14. The summed E-state index contributed by atoms with van der Waals surface area (Å²) < 4.78 is 0. The first-order chi connectivity index (χ1) is 59.2. The minimum atomic E-state index is 0.0128. The molecule has 568 valence electrons. The number of fused-ring (bicyclic) bond motifs is 8. The van der Waals surface area contributed by atoms with Crippen LogP contribution in [-0.2, 0) is 5.41 Å². The van der Waals surface area contributed by atoms with Crippen molar-refractivity contribution in [3.63, 3.8) is 0 Å². The topological polar surface area (TPSA) is 77.3 Å². The van der Waals surface area contributed by atoms with Crippen LogP contribution in [0.1, 0.15) is 42.4 Å². The van der Waals surface area contributed by atoms with Gasteiger partial charge in [-0.3, -0.25) is 0 Å². The molecule has 3 aliphatic carbocycles. The predicted octanol–water partition coefficient (Wildman–Crippen LogP) is 29.2. The minimum Gasteiger partial charge on any atom is -0.208 e. The molecule has 1 aliphatic heterocycles. The van der Waals surface area contributed by atoms with Crippen LogP contribution < -0.4 is 0 Å². The Bertz CT molecular complexity index is 7010. The SMILES string of the molecule is C1=CC2Sc3c(-c4ccc(-c5nc(-c6ccc(-c7ccc(-c8ccccc8)cc7)cc6)nc(-c6ccc(-c7cccc8ccccc78)cc6)n5)cc4)cccc3C2C=C1.CC1(C)c2c(-c3ccc(-c4nc(-c5ccc(-c6ccc(-c7ccccc7)cc6)cc5)nc(-c5ccc(-c6cccc7ccccc67)cc5)n4)cc3)cccc2C2C=CC=CC21. The first kappa shape index (κ1) is 73.0. The maximum absolute atomic E-state index is 5.14. The van der Waals surface area contributed by atoms with Crippen molar-refractivity contribution in [2.45, 2.75) is 41.2 Å². The first-order valence-electron chi connectivity index (χ1n) is 41.3. The molecule has 0 spiro atoms. The molecule has 7 heteroatoms. The van der Waals surface area contributed by atoms with Crippen molar-refractivity contribution >= 4 is 33.3 Å². The lowest BCUT2D eigenvalue weighted by Crippen LogP contribution is -2.25. The number of hydrogen-bond donors (Lipinski definition) is 0. The number of rotatable bonds is 14. The van der Waals surface area contributed by atoms with Gasteiger partial charge in [0.15, 0.2) is 34.9 Å². The molecular formula is C113H80N6S. The number of thioether (sulfide) groups is 1. The molecule has 0 radical (unpaired) electrons. The molecule has 0 amide bonds. The Morgan fingerprint density at radius 3 is 0.892 bits per heavy atom. The molecule has 0 saturated carbocycles. The van der Waals surface area contributed by atoms with Crippen LogP contribution in [0.3, 0.4) is 0 Å². The van der Waals surface area contributed by atoms with E-state index < -0.39 is 0 Å². The van der Waals surface area contributed by atoms with Gasteiger partial charge < -0.3 is 0 Å². The Labute approximate surface area is 704 Å². The van der Waals surface area contributed by atoms with Gasteiger partial charge in [0.25, 0.3) is 0 Å². The highest BCUT2D eigenvalue weighted by Crippen LogP contribution is 2.56. The molecule has 18 aromatic rings. The van der Waals surface area contributed by atoms with Crippen LogP contribution in [0.25, 0.3) is 179 Å². The molecule has 0 bridgehead atoms. The fraction of sp³-hybridized carbons (Fsp3) is 0.0619. The summed E-state index contributed by atoms with van der Waals surface area (Å²) in [4.78, 5) is 32.1. The zero-order chi connectivity index (χ0) is 80.0. The van der Waals surface area contributed by atoms with Gasteiger partial charge in [-0.2, -0.15) is 0 Å². The standard InChI is InChI=1S/C58H43N3.C55H37N3S/c1-58(2)53-21-9-8-17-51(53)52-20-11-19-50(54(52)58)44-30-36-47(37-31-44)57-60-55(45-32-26-41(27-33-45)40-24-22-39(23-25-40)38-12-4-3-5-13-38)59-56(61-57)46-34-28-43(29-35-46)49-18-10-15-42-14-6-7-16-48(42)49;1-2-10-36(11-3-1)37-20-22-38(23-21-37)39-24-30-43(31-25-39)53-56-54(44-32-26-41(27-33-44)47-16-8-13-40-12-4-5-14-46(40)47)58-55(57-53)45-34-28-42(29-35-45)48-17-9-18-50-49-15-6-7-19-51(49)59-52(48)50/h3-37,51,53H,1-2H3;1-35,49,51H. The van der Waals surface area contributed by atoms with Crippen molar-refractivity contribution in [2.24, 2.45) is 5.92 Å². The van der Waals surface area contributed by atoms with E-state index in [1.165, 1.54) is 98.8 Å². The van der Waals surface area contributed by atoms with E-state index in [2.05, 4.69) is 426 Å². The summed E-state index contributed by atoms with van der Waals surface area (Å²) in [5.41, 5.74) is 29.0. The molecule has 4 unspecified atom stereocenters. The Balaban J connectivity index is 0.000000149. The number of hydrogen-bond acceptors (Lipinski definition) is 7. The minimum absolute atomic E-state index is 0.0128. The fourth-order valence-corrected chi connectivity index (χ4v) is 19.6. The monoisotopic (exact) mass is 1550 g/mol. The lowest BCUT2D eigenvalue weighted by Gasteiger charge is -2.30. The highest BCUT2D eigenvalue weighted by atomic mass is 32.2. The second-order valence-electron chi connectivity index (χ2n) is 31.9. The predicted molar refractivity (Wildman–Crippen MR) is 499 cm³/mol. The van der Waals surface area contributed by atoms with Gasteiger partial charge >= 0.3 is 0 Å². The smallest absolute Gasteiger partial charge is 0.164 e. The van der Waals surface area contributed by atoms with Crippen LogP contribution in [0, 0.1) is 5.92 Å². The quantitative estimate of drug-likeness (QED) is 0.107. The molecule has 3 heterocycles. The number of allylic oxidation sites excluding steroid dienone is 7. The molecule has 22 rings (SSSR count). The molecule has 4 atom stereocenters. The molecule has 0 N–H and O–H groups in total. The van der Waals surface area contributed by atoms with Gasteiger partial charge in [-0.15, -0.1) is 11.8 Å². The van der Waals surface area contributed by atoms with Crippen LogP contribution in [0.15, 0.2) is 430 Å². The lowest BCUT2D eigenvalue weighted by molar-refractivity contribution is 0.395. The Morgan fingerprint density at radius 2 is 0.492 bits per heavy atom. The summed E-state index contributed by atoms with van der Waals surface area (Å²) in [5.74, 6) is 5.13. The van der Waals surface area contributed by atoms with Crippen LogP contribution >= 0.6 is 11.8 Å². The molecular weight excluding hydrogens is 1470 g/mol. The number of aromatic nitrogens is 6. The molecule has 0 saturated heterocycles. The Kier molecular flexibility index (Phi) is 19.1. The summed E-state index contributed by atoms with van der Waals surface area (Å²) >= 11 is 1.97. The van der Waals surface area contributed by atoms with Crippen molar-refractivity contribution < 1.29 is 0 Å². The van der Waals surface area contributed by atoms with Crippen molar-refractivity contribution in [1.29, 1.82) is 0 Å². The van der Waals surface area contributed by atoms with Gasteiger partial charge in [0.1, 0.15) is 0 Å². The summed E-state index contributed by atoms with van der Waals surface area (Å²) in [6.45, 7) is 4.79. The normalized spacial score (nSPS) is 15.7.